The summed E-state index contributed by atoms with van der Waals surface area (Å²) in [5.41, 5.74) is 5.00. The van der Waals surface area contributed by atoms with Crippen molar-refractivity contribution >= 4 is 22.4 Å². The van der Waals surface area contributed by atoms with E-state index >= 15 is 0 Å². The lowest BCUT2D eigenvalue weighted by Gasteiger charge is -2.05. The number of hydrogen-bond acceptors (Lipinski definition) is 7. The number of ether oxygens (including phenoxy) is 1. The number of aromatic nitrogens is 4. The molecule has 0 radical (unpaired) electrons. The number of methoxy groups -OCH3 is 1. The Hall–Kier alpha value is -3.72. The molecule has 0 bridgehead atoms. The zero-order valence-corrected chi connectivity index (χ0v) is 19.6. The Morgan fingerprint density at radius 2 is 2.06 bits per heavy atom. The van der Waals surface area contributed by atoms with Gasteiger partial charge in [-0.05, 0) is 44.2 Å². The van der Waals surface area contributed by atoms with Crippen LogP contribution in [0.2, 0.25) is 0 Å². The average molecular weight is 464 g/mol. The van der Waals surface area contributed by atoms with Crippen molar-refractivity contribution in [2.24, 2.45) is 0 Å². The van der Waals surface area contributed by atoms with Gasteiger partial charge in [-0.25, -0.2) is 4.98 Å². The number of allylic oxidation sites excluding steroid dienone is 1. The molecule has 3 heterocycles. The van der Waals surface area contributed by atoms with Crippen LogP contribution in [0.15, 0.2) is 52.9 Å². The maximum atomic E-state index is 12.4. The molecule has 170 valence electrons. The Morgan fingerprint density at radius 3 is 2.79 bits per heavy atom. The van der Waals surface area contributed by atoms with E-state index in [9.17, 15) is 4.79 Å². The van der Waals surface area contributed by atoms with Gasteiger partial charge in [-0.3, -0.25) is 4.79 Å². The largest absolute Gasteiger partial charge is 0.497 e. The summed E-state index contributed by atoms with van der Waals surface area (Å²) in [6.45, 7) is 8.69. The second-order valence-corrected chi connectivity index (χ2v) is 8.37. The summed E-state index contributed by atoms with van der Waals surface area (Å²) >= 11 is 1.40. The van der Waals surface area contributed by atoms with Crippen LogP contribution in [0.5, 0.6) is 5.75 Å². The predicted molar refractivity (Wildman–Crippen MR) is 128 cm³/mol. The molecule has 1 N–H and O–H groups in total. The van der Waals surface area contributed by atoms with Crippen LogP contribution in [-0.4, -0.2) is 32.7 Å². The van der Waals surface area contributed by atoms with Gasteiger partial charge in [-0.15, -0.1) is 17.9 Å². The van der Waals surface area contributed by atoms with Gasteiger partial charge in [0.2, 0.25) is 17.6 Å². The summed E-state index contributed by atoms with van der Waals surface area (Å²) < 4.78 is 12.6. The molecule has 4 rings (SSSR count). The zero-order valence-electron chi connectivity index (χ0n) is 18.8. The van der Waals surface area contributed by atoms with Crippen molar-refractivity contribution in [3.05, 3.63) is 65.6 Å². The van der Waals surface area contributed by atoms with E-state index in [1.54, 1.807) is 7.11 Å². The minimum absolute atomic E-state index is 0.155. The molecule has 0 fully saturated rings. The number of anilines is 1. The topological polar surface area (TPSA) is 95.1 Å². The average Bonchev–Trinajstić information content (AvgIpc) is 3.54. The highest BCUT2D eigenvalue weighted by Gasteiger charge is 2.15. The highest BCUT2D eigenvalue weighted by atomic mass is 32.1. The lowest BCUT2D eigenvalue weighted by atomic mass is 10.2. The number of carbonyl (C=O) groups is 1. The van der Waals surface area contributed by atoms with Gasteiger partial charge in [0.25, 0.3) is 0 Å². The van der Waals surface area contributed by atoms with Crippen molar-refractivity contribution in [2.75, 3.05) is 12.4 Å². The van der Waals surface area contributed by atoms with Crippen LogP contribution in [-0.2, 0) is 17.8 Å². The molecule has 4 aromatic rings. The Labute approximate surface area is 195 Å². The number of benzene rings is 1. The van der Waals surface area contributed by atoms with E-state index in [4.69, 9.17) is 9.26 Å². The second kappa shape index (κ2) is 9.83. The summed E-state index contributed by atoms with van der Waals surface area (Å²) in [4.78, 5) is 21.4. The molecule has 3 aromatic heterocycles. The monoisotopic (exact) mass is 463 g/mol. The van der Waals surface area contributed by atoms with Gasteiger partial charge < -0.3 is 19.1 Å². The minimum atomic E-state index is -0.155. The van der Waals surface area contributed by atoms with Gasteiger partial charge in [-0.2, -0.15) is 4.98 Å². The van der Waals surface area contributed by atoms with Gasteiger partial charge in [0, 0.05) is 47.3 Å². The van der Waals surface area contributed by atoms with E-state index in [2.05, 4.69) is 51.5 Å². The molecule has 9 heteroatoms. The molecule has 1 aromatic carbocycles. The van der Waals surface area contributed by atoms with Crippen molar-refractivity contribution in [3.8, 4) is 28.4 Å². The normalized spacial score (nSPS) is 10.9. The van der Waals surface area contributed by atoms with Crippen LogP contribution >= 0.6 is 11.3 Å². The number of amides is 1. The number of carbonyl (C=O) groups excluding carboxylic acids is 1. The third-order valence-electron chi connectivity index (χ3n) is 5.29. The smallest absolute Gasteiger partial charge is 0.227 e. The molecule has 0 unspecified atom stereocenters. The zero-order chi connectivity index (χ0) is 23.4. The highest BCUT2D eigenvalue weighted by Crippen LogP contribution is 2.30. The van der Waals surface area contributed by atoms with Crippen molar-refractivity contribution < 1.29 is 14.1 Å². The van der Waals surface area contributed by atoms with Crippen LogP contribution in [0.4, 0.5) is 5.13 Å². The van der Waals surface area contributed by atoms with Crippen molar-refractivity contribution in [3.63, 3.8) is 0 Å². The van der Waals surface area contributed by atoms with E-state index in [-0.39, 0.29) is 12.3 Å². The van der Waals surface area contributed by atoms with Gasteiger partial charge >= 0.3 is 0 Å². The second-order valence-electron chi connectivity index (χ2n) is 7.51. The van der Waals surface area contributed by atoms with E-state index in [0.29, 0.717) is 23.3 Å². The molecule has 0 aliphatic carbocycles. The predicted octanol–water partition coefficient (Wildman–Crippen LogP) is 5.04. The molecule has 0 spiro atoms. The Kier molecular flexibility index (Phi) is 6.69. The first-order valence-electron chi connectivity index (χ1n) is 10.5. The quantitative estimate of drug-likeness (QED) is 0.349. The lowest BCUT2D eigenvalue weighted by Crippen LogP contribution is -2.12. The van der Waals surface area contributed by atoms with Crippen LogP contribution in [0.1, 0.15) is 23.7 Å². The van der Waals surface area contributed by atoms with E-state index in [0.717, 1.165) is 40.5 Å². The fourth-order valence-electron chi connectivity index (χ4n) is 3.54. The number of thiazole rings is 1. The Morgan fingerprint density at radius 1 is 1.27 bits per heavy atom. The molecule has 33 heavy (non-hydrogen) atoms. The van der Waals surface area contributed by atoms with Crippen LogP contribution < -0.4 is 10.1 Å². The number of rotatable bonds is 9. The van der Waals surface area contributed by atoms with Crippen LogP contribution in [0, 0.1) is 13.8 Å². The maximum absolute atomic E-state index is 12.4. The van der Waals surface area contributed by atoms with Gasteiger partial charge in [0.1, 0.15) is 5.75 Å². The Bertz CT molecular complexity index is 1270. The van der Waals surface area contributed by atoms with Gasteiger partial charge in [0.15, 0.2) is 5.13 Å². The lowest BCUT2D eigenvalue weighted by molar-refractivity contribution is -0.116. The standard InChI is InChI=1S/C24H25N5O3S/c1-5-12-29-15(2)13-19(16(29)3)20-14-33-24(25-20)26-21(30)10-11-22-27-23(28-32-22)17-6-8-18(31-4)9-7-17/h5-9,13-14H,1,10-12H2,2-4H3,(H,25,26,30). The Balaban J connectivity index is 1.35. The van der Waals surface area contributed by atoms with Crippen molar-refractivity contribution in [1.82, 2.24) is 19.7 Å². The van der Waals surface area contributed by atoms with Gasteiger partial charge in [-0.1, -0.05) is 11.2 Å². The molecular formula is C24H25N5O3S. The summed E-state index contributed by atoms with van der Waals surface area (Å²) in [6.07, 6.45) is 2.43. The van der Waals surface area contributed by atoms with Crippen LogP contribution in [0.25, 0.3) is 22.6 Å². The fraction of sp³-hybridized carbons (Fsp3) is 0.250. The summed E-state index contributed by atoms with van der Waals surface area (Å²) in [5, 5.41) is 9.37. The minimum Gasteiger partial charge on any atom is -0.497 e. The molecule has 0 saturated heterocycles. The van der Waals surface area contributed by atoms with Gasteiger partial charge in [0.05, 0.1) is 12.8 Å². The molecular weight excluding hydrogens is 438 g/mol. The van der Waals surface area contributed by atoms with E-state index in [1.807, 2.05) is 35.7 Å². The molecule has 0 aliphatic rings. The maximum Gasteiger partial charge on any atom is 0.227 e. The number of hydrogen-bond donors (Lipinski definition) is 1. The first-order chi connectivity index (χ1) is 16.0. The fourth-order valence-corrected chi connectivity index (χ4v) is 4.27. The van der Waals surface area contributed by atoms with E-state index < -0.39 is 0 Å². The molecule has 8 nitrogen and oxygen atoms in total. The number of nitrogens with one attached hydrogen (secondary N) is 1. The molecule has 0 atom stereocenters. The third-order valence-corrected chi connectivity index (χ3v) is 6.05. The highest BCUT2D eigenvalue weighted by molar-refractivity contribution is 7.14. The SMILES string of the molecule is C=CCn1c(C)cc(-c2csc(NC(=O)CCc3nc(-c4ccc(OC)cc4)no3)n2)c1C. The molecule has 0 aliphatic heterocycles. The number of aryl methyl sites for hydroxylation is 2. The number of nitrogens with zero attached hydrogens (tertiary/aromatic N) is 4. The molecule has 0 saturated carbocycles. The first kappa shape index (κ1) is 22.5. The summed E-state index contributed by atoms with van der Waals surface area (Å²) in [5.74, 6) is 1.48. The first-order valence-corrected chi connectivity index (χ1v) is 11.4. The summed E-state index contributed by atoms with van der Waals surface area (Å²) in [6, 6.07) is 9.48. The van der Waals surface area contributed by atoms with Crippen molar-refractivity contribution in [1.29, 1.82) is 0 Å². The third kappa shape index (κ3) is 5.04. The molecule has 1 amide bonds. The summed E-state index contributed by atoms with van der Waals surface area (Å²) in [7, 11) is 1.61. The van der Waals surface area contributed by atoms with E-state index in [1.165, 1.54) is 11.3 Å². The van der Waals surface area contributed by atoms with Crippen LogP contribution in [0.3, 0.4) is 0 Å². The van der Waals surface area contributed by atoms with Crippen molar-refractivity contribution in [2.45, 2.75) is 33.2 Å².